The van der Waals surface area contributed by atoms with E-state index in [9.17, 15) is 13.9 Å². The van der Waals surface area contributed by atoms with Gasteiger partial charge >= 0.3 is 0 Å². The van der Waals surface area contributed by atoms with Crippen LogP contribution in [0.15, 0.2) is 18.2 Å². The fourth-order valence-corrected chi connectivity index (χ4v) is 2.37. The van der Waals surface area contributed by atoms with Crippen molar-refractivity contribution in [2.75, 3.05) is 13.7 Å². The molecule has 2 N–H and O–H groups in total. The van der Waals surface area contributed by atoms with Crippen LogP contribution in [0.5, 0.6) is 5.75 Å². The van der Waals surface area contributed by atoms with Crippen molar-refractivity contribution < 1.29 is 18.6 Å². The van der Waals surface area contributed by atoms with Gasteiger partial charge in [0.25, 0.3) is 0 Å². The lowest BCUT2D eigenvalue weighted by Gasteiger charge is -2.26. The molecule has 0 radical (unpaired) electrons. The third kappa shape index (κ3) is 2.62. The second kappa shape index (κ2) is 5.20. The maximum absolute atomic E-state index is 13.4. The first-order valence-corrected chi connectivity index (χ1v) is 6.00. The third-order valence-electron chi connectivity index (χ3n) is 3.58. The number of aliphatic hydroxyl groups is 1. The number of ether oxygens (including phenoxy) is 1. The largest absolute Gasteiger partial charge is 0.487 e. The first-order valence-electron chi connectivity index (χ1n) is 6.00. The minimum atomic E-state index is -0.567. The minimum absolute atomic E-state index is 0.00892. The molecule has 1 aliphatic carbocycles. The molecule has 18 heavy (non-hydrogen) atoms. The standard InChI is InChI=1S/C13H17F2NO2/c1-16-13(8-17)5-4-10(7-13)18-12-6-9(14)2-3-11(12)15/h2-3,6,10,16-17H,4-5,7-8H2,1H3. The fraction of sp³-hybridized carbons (Fsp3) is 0.538. The first-order chi connectivity index (χ1) is 8.58. The molecule has 100 valence electrons. The van der Waals surface area contributed by atoms with Crippen LogP contribution in [-0.4, -0.2) is 30.4 Å². The van der Waals surface area contributed by atoms with E-state index in [0.717, 1.165) is 24.6 Å². The Kier molecular flexibility index (Phi) is 3.82. The van der Waals surface area contributed by atoms with Crippen LogP contribution >= 0.6 is 0 Å². The molecule has 1 saturated carbocycles. The Morgan fingerprint density at radius 2 is 2.28 bits per heavy atom. The van der Waals surface area contributed by atoms with Crippen molar-refractivity contribution in [3.63, 3.8) is 0 Å². The van der Waals surface area contributed by atoms with E-state index in [1.165, 1.54) is 0 Å². The highest BCUT2D eigenvalue weighted by Gasteiger charge is 2.38. The molecular weight excluding hydrogens is 240 g/mol. The van der Waals surface area contributed by atoms with E-state index in [2.05, 4.69) is 5.32 Å². The second-order valence-corrected chi connectivity index (χ2v) is 4.75. The summed E-state index contributed by atoms with van der Waals surface area (Å²) >= 11 is 0. The van der Waals surface area contributed by atoms with Crippen LogP contribution in [0.1, 0.15) is 19.3 Å². The van der Waals surface area contributed by atoms with Crippen LogP contribution in [0.3, 0.4) is 0 Å². The van der Waals surface area contributed by atoms with Crippen LogP contribution in [0.2, 0.25) is 0 Å². The summed E-state index contributed by atoms with van der Waals surface area (Å²) in [5, 5.41) is 12.4. The molecule has 0 heterocycles. The van der Waals surface area contributed by atoms with Crippen LogP contribution in [0.25, 0.3) is 0 Å². The van der Waals surface area contributed by atoms with Gasteiger partial charge in [-0.15, -0.1) is 0 Å². The number of hydrogen-bond acceptors (Lipinski definition) is 3. The maximum atomic E-state index is 13.4. The van der Waals surface area contributed by atoms with Crippen molar-refractivity contribution in [2.24, 2.45) is 0 Å². The molecular formula is C13H17F2NO2. The van der Waals surface area contributed by atoms with Gasteiger partial charge in [-0.05, 0) is 32.0 Å². The maximum Gasteiger partial charge on any atom is 0.165 e. The van der Waals surface area contributed by atoms with Crippen LogP contribution in [0, 0.1) is 11.6 Å². The summed E-state index contributed by atoms with van der Waals surface area (Å²) in [4.78, 5) is 0. The highest BCUT2D eigenvalue weighted by atomic mass is 19.1. The van der Waals surface area contributed by atoms with Gasteiger partial charge < -0.3 is 15.2 Å². The van der Waals surface area contributed by atoms with Crippen molar-refractivity contribution in [1.82, 2.24) is 5.32 Å². The Labute approximate surface area is 105 Å². The SMILES string of the molecule is CNC1(CO)CCC(Oc2cc(F)ccc2F)C1. The number of benzene rings is 1. The summed E-state index contributed by atoms with van der Waals surface area (Å²) in [6, 6.07) is 3.16. The number of aliphatic hydroxyl groups excluding tert-OH is 1. The lowest BCUT2D eigenvalue weighted by Crippen LogP contribution is -2.44. The molecule has 2 atom stereocenters. The Morgan fingerprint density at radius 1 is 1.50 bits per heavy atom. The van der Waals surface area contributed by atoms with Crippen LogP contribution in [-0.2, 0) is 0 Å². The average molecular weight is 257 g/mol. The molecule has 0 saturated heterocycles. The molecule has 0 aliphatic heterocycles. The average Bonchev–Trinajstić information content (AvgIpc) is 2.78. The van der Waals surface area contributed by atoms with Crippen molar-refractivity contribution in [2.45, 2.75) is 30.9 Å². The number of hydrogen-bond donors (Lipinski definition) is 2. The van der Waals surface area contributed by atoms with Crippen LogP contribution in [0.4, 0.5) is 8.78 Å². The minimum Gasteiger partial charge on any atom is -0.487 e. The molecule has 1 aromatic carbocycles. The summed E-state index contributed by atoms with van der Waals surface area (Å²) in [6.45, 7) is 0.00892. The predicted molar refractivity (Wildman–Crippen MR) is 63.5 cm³/mol. The smallest absolute Gasteiger partial charge is 0.165 e. The van der Waals surface area contributed by atoms with E-state index in [1.807, 2.05) is 0 Å². The summed E-state index contributed by atoms with van der Waals surface area (Å²) < 4.78 is 31.9. The van der Waals surface area contributed by atoms with Gasteiger partial charge in [0, 0.05) is 18.0 Å². The molecule has 1 aliphatic rings. The second-order valence-electron chi connectivity index (χ2n) is 4.75. The van der Waals surface area contributed by atoms with E-state index in [-0.39, 0.29) is 24.0 Å². The van der Waals surface area contributed by atoms with E-state index >= 15 is 0 Å². The van der Waals surface area contributed by atoms with Gasteiger partial charge in [-0.1, -0.05) is 0 Å². The summed E-state index contributed by atoms with van der Waals surface area (Å²) in [7, 11) is 1.78. The van der Waals surface area contributed by atoms with E-state index in [4.69, 9.17) is 4.74 Å². The summed E-state index contributed by atoms with van der Waals surface area (Å²) in [6.07, 6.45) is 1.83. The van der Waals surface area contributed by atoms with Gasteiger partial charge in [0.2, 0.25) is 0 Å². The van der Waals surface area contributed by atoms with E-state index in [1.54, 1.807) is 7.05 Å². The lowest BCUT2D eigenvalue weighted by atomic mass is 9.99. The molecule has 3 nitrogen and oxygen atoms in total. The normalized spacial score (nSPS) is 27.4. The van der Waals surface area contributed by atoms with Crippen LogP contribution < -0.4 is 10.1 Å². The zero-order valence-corrected chi connectivity index (χ0v) is 10.2. The Bertz CT molecular complexity index is 421. The van der Waals surface area contributed by atoms with Gasteiger partial charge in [-0.25, -0.2) is 8.78 Å². The molecule has 0 amide bonds. The van der Waals surface area contributed by atoms with Crippen molar-refractivity contribution in [1.29, 1.82) is 0 Å². The van der Waals surface area contributed by atoms with E-state index < -0.39 is 11.6 Å². The monoisotopic (exact) mass is 257 g/mol. The van der Waals surface area contributed by atoms with Gasteiger partial charge in [0.15, 0.2) is 11.6 Å². The van der Waals surface area contributed by atoms with Gasteiger partial charge in [-0.2, -0.15) is 0 Å². The Morgan fingerprint density at radius 3 is 2.89 bits per heavy atom. The predicted octanol–water partition coefficient (Wildman–Crippen LogP) is 1.85. The van der Waals surface area contributed by atoms with Gasteiger partial charge in [0.1, 0.15) is 11.9 Å². The molecule has 2 unspecified atom stereocenters. The zero-order chi connectivity index (χ0) is 13.2. The highest BCUT2D eigenvalue weighted by Crippen LogP contribution is 2.33. The molecule has 1 fully saturated rings. The Hall–Kier alpha value is -1.20. The number of halogens is 2. The molecule has 2 rings (SSSR count). The topological polar surface area (TPSA) is 41.5 Å². The van der Waals surface area contributed by atoms with Gasteiger partial charge in [0.05, 0.1) is 6.61 Å². The fourth-order valence-electron chi connectivity index (χ4n) is 2.37. The zero-order valence-electron chi connectivity index (χ0n) is 10.2. The number of rotatable bonds is 4. The van der Waals surface area contributed by atoms with Gasteiger partial charge in [-0.3, -0.25) is 0 Å². The number of likely N-dealkylation sites (N-methyl/N-ethyl adjacent to an activating group) is 1. The highest BCUT2D eigenvalue weighted by molar-refractivity contribution is 5.25. The third-order valence-corrected chi connectivity index (χ3v) is 3.58. The van der Waals surface area contributed by atoms with Crippen molar-refractivity contribution in [3.8, 4) is 5.75 Å². The van der Waals surface area contributed by atoms with Crippen molar-refractivity contribution >= 4 is 0 Å². The molecule has 0 aromatic heterocycles. The van der Waals surface area contributed by atoms with E-state index in [0.29, 0.717) is 12.8 Å². The Balaban J connectivity index is 2.05. The molecule has 0 bridgehead atoms. The molecule has 0 spiro atoms. The summed E-state index contributed by atoms with van der Waals surface area (Å²) in [5.74, 6) is -1.15. The first kappa shape index (κ1) is 13.2. The molecule has 1 aromatic rings. The number of nitrogens with one attached hydrogen (secondary N) is 1. The van der Waals surface area contributed by atoms with Crippen molar-refractivity contribution in [3.05, 3.63) is 29.8 Å². The summed E-state index contributed by atoms with van der Waals surface area (Å²) in [5.41, 5.74) is -0.367. The quantitative estimate of drug-likeness (QED) is 0.865. The molecule has 5 heteroatoms. The lowest BCUT2D eigenvalue weighted by molar-refractivity contribution is 0.144.